The van der Waals surface area contributed by atoms with Crippen molar-refractivity contribution in [3.8, 4) is 17.2 Å². The Balaban J connectivity index is 0.000000438. The van der Waals surface area contributed by atoms with Gasteiger partial charge in [0, 0.05) is 0 Å². The number of hydrogen-bond acceptors (Lipinski definition) is 3. The Bertz CT molecular complexity index is 2290. The van der Waals surface area contributed by atoms with E-state index in [1.165, 1.54) is 55.6 Å². The Labute approximate surface area is 397 Å². The first-order chi connectivity index (χ1) is 31.9. The molecule has 0 saturated carbocycles. The fraction of sp³-hybridized carbons (Fsp3) is 0.412. The second-order valence-electron chi connectivity index (χ2n) is 16.8. The maximum absolute atomic E-state index is 12.7. The first kappa shape index (κ1) is 62.4. The fourth-order valence-electron chi connectivity index (χ4n) is 5.98. The Morgan fingerprint density at radius 2 is 0.757 bits per heavy atom. The molecule has 5 aromatic rings. The average molecular weight is 1020 g/mol. The number of ether oxygens (including phenoxy) is 3. The molecule has 5 aromatic carbocycles. The van der Waals surface area contributed by atoms with Gasteiger partial charge in [0.1, 0.15) is 23.1 Å². The van der Waals surface area contributed by atoms with Gasteiger partial charge in [-0.15, -0.1) is 26.3 Å². The molecule has 70 heavy (non-hydrogen) atoms. The SMILES string of the molecule is CC(C)c1ccc(C(F)(F)F)cc1.CC(C)c1ccc(F)cc1C(F)(F)F.CC(C)c1ccc(OC(F)(F)F)cc1.CC(C)c1ccccc1OC(F)(F)F.COc1ccc(C(C)C)c(C(F)(F)F)c1. The van der Waals surface area contributed by atoms with Crippen LogP contribution in [0.1, 0.15) is 143 Å². The van der Waals surface area contributed by atoms with Crippen molar-refractivity contribution in [2.45, 2.75) is 130 Å². The van der Waals surface area contributed by atoms with Crippen molar-refractivity contribution in [2.75, 3.05) is 7.11 Å². The molecule has 390 valence electrons. The standard InChI is InChI=1S/C11H13F3O.C10H10F4.2C10H11F3O.C10H11F3/c1-7(2)9-5-4-8(15-3)6-10(9)11(12,13)14;1-6(2)8-4-3-7(11)5-9(8)10(12,13)14;1-7(2)8-3-5-9(6-4-8)14-10(11,12)13;1-7(2)8-5-3-4-6-9(8)14-10(11,12)13;1-7(2)8-3-5-9(6-4-8)10(11,12)13/h4-7H,1-3H3;3-6H,1-2H3;2*3-7H,1-2H3;3-7H,1-2H3. The summed E-state index contributed by atoms with van der Waals surface area (Å²) in [6.07, 6.45) is -22.3. The summed E-state index contributed by atoms with van der Waals surface area (Å²) in [6.45, 7) is 18.2. The van der Waals surface area contributed by atoms with Crippen molar-refractivity contribution in [3.05, 3.63) is 160 Å². The number of rotatable bonds is 8. The average Bonchev–Trinajstić information content (AvgIpc) is 3.22. The summed E-state index contributed by atoms with van der Waals surface area (Å²) < 4.78 is 208. The quantitative estimate of drug-likeness (QED) is 0.145. The zero-order chi connectivity index (χ0) is 54.2. The molecule has 0 bridgehead atoms. The minimum absolute atomic E-state index is 0.00792. The lowest BCUT2D eigenvalue weighted by Gasteiger charge is -2.16. The van der Waals surface area contributed by atoms with Gasteiger partial charge in [-0.1, -0.05) is 124 Å². The summed E-state index contributed by atoms with van der Waals surface area (Å²) in [4.78, 5) is 0. The van der Waals surface area contributed by atoms with Gasteiger partial charge in [-0.25, -0.2) is 4.39 Å². The van der Waals surface area contributed by atoms with Gasteiger partial charge in [-0.3, -0.25) is 0 Å². The fourth-order valence-corrected chi connectivity index (χ4v) is 5.98. The number of alkyl halides is 15. The molecule has 0 saturated heterocycles. The number of methoxy groups -OCH3 is 1. The predicted molar refractivity (Wildman–Crippen MR) is 238 cm³/mol. The summed E-state index contributed by atoms with van der Waals surface area (Å²) in [5, 5.41) is 0. The maximum atomic E-state index is 12.7. The van der Waals surface area contributed by atoms with E-state index in [-0.39, 0.29) is 46.5 Å². The van der Waals surface area contributed by atoms with Crippen LogP contribution in [0.5, 0.6) is 17.2 Å². The van der Waals surface area contributed by atoms with E-state index >= 15 is 0 Å². The second-order valence-corrected chi connectivity index (χ2v) is 16.8. The van der Waals surface area contributed by atoms with E-state index in [0.717, 1.165) is 35.4 Å². The Morgan fingerprint density at radius 1 is 0.371 bits per heavy atom. The molecule has 0 heterocycles. The highest BCUT2D eigenvalue weighted by Crippen LogP contribution is 2.38. The van der Waals surface area contributed by atoms with Crippen LogP contribution in [0.25, 0.3) is 0 Å². The van der Waals surface area contributed by atoms with E-state index in [2.05, 4.69) is 9.47 Å². The molecule has 0 aliphatic heterocycles. The lowest BCUT2D eigenvalue weighted by atomic mass is 9.96. The molecule has 0 spiro atoms. The molecular formula is C51H56F16O3. The third-order valence-electron chi connectivity index (χ3n) is 9.58. The molecule has 19 heteroatoms. The highest BCUT2D eigenvalue weighted by molar-refractivity contribution is 5.39. The summed E-state index contributed by atoms with van der Waals surface area (Å²) in [6, 6.07) is 24.2. The Hall–Kier alpha value is -5.62. The first-order valence-corrected chi connectivity index (χ1v) is 21.4. The number of benzene rings is 5. The van der Waals surface area contributed by atoms with Crippen molar-refractivity contribution in [3.63, 3.8) is 0 Å². The van der Waals surface area contributed by atoms with Gasteiger partial charge in [0.15, 0.2) is 0 Å². The largest absolute Gasteiger partial charge is 0.573 e. The van der Waals surface area contributed by atoms with Crippen LogP contribution in [0.4, 0.5) is 70.2 Å². The van der Waals surface area contributed by atoms with Gasteiger partial charge < -0.3 is 14.2 Å². The van der Waals surface area contributed by atoms with Crippen LogP contribution in [0.2, 0.25) is 0 Å². The highest BCUT2D eigenvalue weighted by atomic mass is 19.4. The van der Waals surface area contributed by atoms with Crippen LogP contribution in [0, 0.1) is 5.82 Å². The monoisotopic (exact) mass is 1020 g/mol. The summed E-state index contributed by atoms with van der Waals surface area (Å²) in [5.74, 6) is -0.782. The van der Waals surface area contributed by atoms with E-state index in [1.54, 1.807) is 58.0 Å². The van der Waals surface area contributed by atoms with Crippen molar-refractivity contribution in [2.24, 2.45) is 0 Å². The van der Waals surface area contributed by atoms with Crippen LogP contribution >= 0.6 is 0 Å². The van der Waals surface area contributed by atoms with Gasteiger partial charge in [-0.05, 0) is 112 Å². The van der Waals surface area contributed by atoms with Crippen LogP contribution < -0.4 is 14.2 Å². The van der Waals surface area contributed by atoms with Gasteiger partial charge in [-0.2, -0.15) is 39.5 Å². The minimum Gasteiger partial charge on any atom is -0.497 e. The Kier molecular flexibility index (Phi) is 23.7. The molecule has 0 aliphatic carbocycles. The molecule has 0 aliphatic rings. The van der Waals surface area contributed by atoms with E-state index in [4.69, 9.17) is 4.74 Å². The summed E-state index contributed by atoms with van der Waals surface area (Å²) in [7, 11) is 1.35. The van der Waals surface area contributed by atoms with Gasteiger partial charge in [0.05, 0.1) is 23.8 Å². The lowest BCUT2D eigenvalue weighted by Crippen LogP contribution is -2.18. The van der Waals surface area contributed by atoms with E-state index in [9.17, 15) is 70.2 Å². The van der Waals surface area contributed by atoms with E-state index < -0.39 is 53.8 Å². The number of hydrogen-bond donors (Lipinski definition) is 0. The zero-order valence-electron chi connectivity index (χ0n) is 40.1. The van der Waals surface area contributed by atoms with Crippen LogP contribution in [0.3, 0.4) is 0 Å². The normalized spacial score (nSPS) is 12.0. The van der Waals surface area contributed by atoms with Crippen LogP contribution in [0.15, 0.2) is 109 Å². The third-order valence-corrected chi connectivity index (χ3v) is 9.58. The van der Waals surface area contributed by atoms with E-state index in [0.29, 0.717) is 23.1 Å². The molecule has 0 fully saturated rings. The van der Waals surface area contributed by atoms with Crippen LogP contribution in [-0.2, 0) is 18.5 Å². The summed E-state index contributed by atoms with van der Waals surface area (Å²) >= 11 is 0. The highest BCUT2D eigenvalue weighted by Gasteiger charge is 2.36. The topological polar surface area (TPSA) is 27.7 Å². The molecule has 5 rings (SSSR count). The molecule has 3 nitrogen and oxygen atoms in total. The summed E-state index contributed by atoms with van der Waals surface area (Å²) in [5.41, 5.74) is 0.806. The zero-order valence-corrected chi connectivity index (χ0v) is 40.1. The van der Waals surface area contributed by atoms with Crippen molar-refractivity contribution < 1.29 is 84.5 Å². The van der Waals surface area contributed by atoms with Crippen molar-refractivity contribution >= 4 is 0 Å². The lowest BCUT2D eigenvalue weighted by molar-refractivity contribution is -0.275. The molecular weight excluding hydrogens is 965 g/mol. The van der Waals surface area contributed by atoms with Gasteiger partial charge in [0.2, 0.25) is 0 Å². The second kappa shape index (κ2) is 26.6. The molecule has 0 unspecified atom stereocenters. The van der Waals surface area contributed by atoms with Crippen molar-refractivity contribution in [1.29, 1.82) is 0 Å². The van der Waals surface area contributed by atoms with Gasteiger partial charge >= 0.3 is 31.3 Å². The molecule has 0 N–H and O–H groups in total. The predicted octanol–water partition coefficient (Wildman–Crippen LogP) is 19.1. The number of halogens is 16. The first-order valence-electron chi connectivity index (χ1n) is 21.4. The molecule has 0 amide bonds. The molecule has 0 radical (unpaired) electrons. The smallest absolute Gasteiger partial charge is 0.497 e. The maximum Gasteiger partial charge on any atom is 0.573 e. The van der Waals surface area contributed by atoms with E-state index in [1.807, 2.05) is 41.5 Å². The van der Waals surface area contributed by atoms with Crippen molar-refractivity contribution in [1.82, 2.24) is 0 Å². The molecule has 0 atom stereocenters. The third kappa shape index (κ3) is 22.9. The Morgan fingerprint density at radius 3 is 1.13 bits per heavy atom. The molecule has 0 aromatic heterocycles. The van der Waals surface area contributed by atoms with Gasteiger partial charge in [0.25, 0.3) is 0 Å². The minimum atomic E-state index is -4.62. The van der Waals surface area contributed by atoms with Crippen LogP contribution in [-0.4, -0.2) is 19.8 Å². The number of para-hydroxylation sites is 1.